The van der Waals surface area contributed by atoms with Gasteiger partial charge in [-0.05, 0) is 41.3 Å². The quantitative estimate of drug-likeness (QED) is 0.435. The second kappa shape index (κ2) is 9.08. The summed E-state index contributed by atoms with van der Waals surface area (Å²) in [7, 11) is 1.58. The van der Waals surface area contributed by atoms with Crippen molar-refractivity contribution in [2.45, 2.75) is 24.8 Å². The van der Waals surface area contributed by atoms with Gasteiger partial charge >= 0.3 is 0 Å². The zero-order valence-corrected chi connectivity index (χ0v) is 15.4. The van der Waals surface area contributed by atoms with E-state index in [0.29, 0.717) is 6.54 Å². The molecule has 0 spiro atoms. The van der Waals surface area contributed by atoms with Crippen molar-refractivity contribution in [2.24, 2.45) is 4.99 Å². The number of aliphatic imine (C=N–C) groups is 1. The van der Waals surface area contributed by atoms with Crippen molar-refractivity contribution in [3.8, 4) is 11.1 Å². The molecule has 2 rings (SSSR count). The van der Waals surface area contributed by atoms with Gasteiger partial charge in [0, 0.05) is 24.2 Å². The molecule has 2 aromatic carbocycles. The molecule has 0 atom stereocenters. The van der Waals surface area contributed by atoms with Gasteiger partial charge in [0.1, 0.15) is 0 Å². The molecule has 0 saturated carbocycles. The van der Waals surface area contributed by atoms with Crippen LogP contribution in [0.2, 0.25) is 0 Å². The zero-order valence-electron chi connectivity index (χ0n) is 14.5. The molecule has 0 aliphatic rings. The summed E-state index contributed by atoms with van der Waals surface area (Å²) in [6.45, 7) is 6.23. The van der Waals surface area contributed by atoms with Gasteiger partial charge in [0.05, 0.1) is 0 Å². The molecule has 5 heteroatoms. The summed E-state index contributed by atoms with van der Waals surface area (Å²) in [4.78, 5) is 17.2. The fourth-order valence-electron chi connectivity index (χ4n) is 2.25. The first-order chi connectivity index (χ1) is 12.0. The molecule has 0 saturated heterocycles. The Morgan fingerprint density at radius 1 is 1.16 bits per heavy atom. The van der Waals surface area contributed by atoms with Crippen LogP contribution in [0.4, 0.5) is 0 Å². The topological polar surface area (TPSA) is 53.5 Å². The molecule has 1 amide bonds. The first-order valence-electron chi connectivity index (χ1n) is 8.11. The number of hydrogen-bond donors (Lipinski definition) is 3. The monoisotopic (exact) mass is 353 g/mol. The Bertz CT molecular complexity index is 782. The third-order valence-electron chi connectivity index (χ3n) is 3.74. The van der Waals surface area contributed by atoms with E-state index in [4.69, 9.17) is 0 Å². The Labute approximate surface area is 154 Å². The van der Waals surface area contributed by atoms with Crippen LogP contribution >= 0.6 is 12.6 Å². The minimum atomic E-state index is -0.248. The lowest BCUT2D eigenvalue weighted by Crippen LogP contribution is -2.39. The van der Waals surface area contributed by atoms with E-state index in [0.717, 1.165) is 33.7 Å². The van der Waals surface area contributed by atoms with Crippen molar-refractivity contribution in [1.82, 2.24) is 10.6 Å². The molecule has 0 aliphatic heterocycles. The van der Waals surface area contributed by atoms with Gasteiger partial charge in [-0.3, -0.25) is 9.79 Å². The average molecular weight is 353 g/mol. The maximum absolute atomic E-state index is 12.2. The van der Waals surface area contributed by atoms with Crippen LogP contribution in [0, 0.1) is 0 Å². The molecule has 0 radical (unpaired) electrons. The number of thiol groups is 1. The van der Waals surface area contributed by atoms with Gasteiger partial charge in [-0.1, -0.05) is 43.8 Å². The van der Waals surface area contributed by atoms with Crippen LogP contribution < -0.4 is 10.6 Å². The van der Waals surface area contributed by atoms with E-state index in [-0.39, 0.29) is 11.7 Å². The summed E-state index contributed by atoms with van der Waals surface area (Å²) < 4.78 is 0. The number of benzene rings is 2. The first-order valence-corrected chi connectivity index (χ1v) is 8.56. The number of nitrogens with zero attached hydrogens (tertiary/aromatic N) is 1. The van der Waals surface area contributed by atoms with Crippen LogP contribution in [-0.2, 0) is 11.3 Å². The fourth-order valence-corrected chi connectivity index (χ4v) is 2.40. The Kier molecular flexibility index (Phi) is 6.83. The Morgan fingerprint density at radius 2 is 1.88 bits per heavy atom. The highest BCUT2D eigenvalue weighted by atomic mass is 32.1. The predicted octanol–water partition coefficient (Wildman–Crippen LogP) is 3.80. The maximum atomic E-state index is 12.2. The summed E-state index contributed by atoms with van der Waals surface area (Å²) in [6.07, 6.45) is 0.736. The number of carbonyl (C=O) groups excluding carboxylic acids is 1. The molecule has 0 unspecified atom stereocenters. The fraction of sp³-hybridized carbons (Fsp3) is 0.200. The van der Waals surface area contributed by atoms with Crippen LogP contribution in [-0.4, -0.2) is 18.8 Å². The van der Waals surface area contributed by atoms with E-state index >= 15 is 0 Å². The van der Waals surface area contributed by atoms with E-state index in [1.807, 2.05) is 49.4 Å². The summed E-state index contributed by atoms with van der Waals surface area (Å²) in [5, 5.41) is 5.81. The van der Waals surface area contributed by atoms with Crippen molar-refractivity contribution < 1.29 is 4.79 Å². The number of amidine groups is 1. The van der Waals surface area contributed by atoms with E-state index < -0.39 is 0 Å². The minimum Gasteiger partial charge on any atom is -0.345 e. The van der Waals surface area contributed by atoms with Gasteiger partial charge in [0.25, 0.3) is 5.91 Å². The smallest absolute Gasteiger partial charge is 0.286 e. The van der Waals surface area contributed by atoms with Crippen LogP contribution in [0.25, 0.3) is 11.1 Å². The Hall–Kier alpha value is -2.53. The van der Waals surface area contributed by atoms with Crippen LogP contribution in [0.15, 0.2) is 70.7 Å². The lowest BCUT2D eigenvalue weighted by atomic mass is 10.0. The summed E-state index contributed by atoms with van der Waals surface area (Å²) in [6, 6.07) is 16.1. The molecule has 2 N–H and O–H groups in total. The number of nitrogens with one attached hydrogen (secondary N) is 2. The highest BCUT2D eigenvalue weighted by molar-refractivity contribution is 7.80. The van der Waals surface area contributed by atoms with Crippen molar-refractivity contribution >= 4 is 24.4 Å². The van der Waals surface area contributed by atoms with Crippen LogP contribution in [0.1, 0.15) is 18.9 Å². The summed E-state index contributed by atoms with van der Waals surface area (Å²) in [5.41, 5.74) is 3.99. The highest BCUT2D eigenvalue weighted by Crippen LogP contribution is 2.21. The first kappa shape index (κ1) is 18.8. The molecule has 4 nitrogen and oxygen atoms in total. The maximum Gasteiger partial charge on any atom is 0.286 e. The van der Waals surface area contributed by atoms with Crippen molar-refractivity contribution in [2.75, 3.05) is 7.05 Å². The summed E-state index contributed by atoms with van der Waals surface area (Å²) >= 11 is 4.31. The largest absolute Gasteiger partial charge is 0.345 e. The number of allylic oxidation sites excluding steroid dienone is 1. The van der Waals surface area contributed by atoms with Crippen molar-refractivity contribution in [1.29, 1.82) is 0 Å². The average Bonchev–Trinajstić information content (AvgIpc) is 2.64. The third-order valence-corrected chi connectivity index (χ3v) is 4.04. The predicted molar refractivity (Wildman–Crippen MR) is 107 cm³/mol. The molecule has 0 aromatic heterocycles. The molecular weight excluding hydrogens is 330 g/mol. The molecule has 130 valence electrons. The number of hydrogen-bond acceptors (Lipinski definition) is 3. The number of carbonyl (C=O) groups is 1. The molecule has 0 fully saturated rings. The number of amides is 1. The van der Waals surface area contributed by atoms with Crippen LogP contribution in [0.5, 0.6) is 0 Å². The normalized spacial score (nSPS) is 11.1. The Morgan fingerprint density at radius 3 is 2.52 bits per heavy atom. The summed E-state index contributed by atoms with van der Waals surface area (Å²) in [5.74, 6) is 0.0225. The van der Waals surface area contributed by atoms with E-state index in [9.17, 15) is 4.79 Å². The van der Waals surface area contributed by atoms with E-state index in [2.05, 4.69) is 40.9 Å². The van der Waals surface area contributed by atoms with E-state index in [1.165, 1.54) is 0 Å². The van der Waals surface area contributed by atoms with Gasteiger partial charge in [0.15, 0.2) is 5.84 Å². The Balaban J connectivity index is 2.03. The molecule has 0 bridgehead atoms. The van der Waals surface area contributed by atoms with Gasteiger partial charge in [-0.2, -0.15) is 0 Å². The zero-order chi connectivity index (χ0) is 18.2. The SMILES string of the molecule is C=C(CC)NC(=NC)C(=O)NCc1cccc(-c2ccc(S)cc2)c1. The second-order valence-electron chi connectivity index (χ2n) is 5.58. The van der Waals surface area contributed by atoms with E-state index in [1.54, 1.807) is 7.05 Å². The second-order valence-corrected chi connectivity index (χ2v) is 6.10. The van der Waals surface area contributed by atoms with Gasteiger partial charge < -0.3 is 10.6 Å². The minimum absolute atomic E-state index is 0.248. The number of rotatable bonds is 5. The highest BCUT2D eigenvalue weighted by Gasteiger charge is 2.10. The van der Waals surface area contributed by atoms with Gasteiger partial charge in [0.2, 0.25) is 0 Å². The van der Waals surface area contributed by atoms with Gasteiger partial charge in [-0.15, -0.1) is 12.6 Å². The van der Waals surface area contributed by atoms with Gasteiger partial charge in [-0.25, -0.2) is 0 Å². The molecule has 25 heavy (non-hydrogen) atoms. The third kappa shape index (κ3) is 5.50. The molecular formula is C20H23N3OS. The molecule has 0 aliphatic carbocycles. The standard InChI is InChI=1S/C20H23N3OS/c1-4-14(2)23-19(21-3)20(24)22-13-15-6-5-7-17(12-15)16-8-10-18(25)11-9-16/h5-12,25H,2,4,13H2,1,3H3,(H,21,23)(H,22,24). The lowest BCUT2D eigenvalue weighted by molar-refractivity contribution is -0.115. The lowest BCUT2D eigenvalue weighted by Gasteiger charge is -2.11. The van der Waals surface area contributed by atoms with Crippen molar-refractivity contribution in [3.63, 3.8) is 0 Å². The molecule has 0 heterocycles. The molecule has 2 aromatic rings. The van der Waals surface area contributed by atoms with Crippen molar-refractivity contribution in [3.05, 3.63) is 66.4 Å². The van der Waals surface area contributed by atoms with Crippen LogP contribution in [0.3, 0.4) is 0 Å².